The van der Waals surface area contributed by atoms with Crippen LogP contribution in [-0.2, 0) is 13.0 Å². The van der Waals surface area contributed by atoms with Gasteiger partial charge in [0, 0.05) is 36.7 Å². The second-order valence-electron chi connectivity index (χ2n) is 6.45. The van der Waals surface area contributed by atoms with Gasteiger partial charge in [0.25, 0.3) is 5.91 Å². The number of rotatable bonds is 5. The van der Waals surface area contributed by atoms with Crippen molar-refractivity contribution in [1.82, 2.24) is 10.3 Å². The minimum Gasteiger partial charge on any atom is -0.475 e. The monoisotopic (exact) mass is 342 g/mol. The van der Waals surface area contributed by atoms with Gasteiger partial charge in [-0.2, -0.15) is 0 Å². The van der Waals surface area contributed by atoms with E-state index in [1.807, 2.05) is 19.9 Å². The summed E-state index contributed by atoms with van der Waals surface area (Å²) >= 11 is 0. The lowest BCUT2D eigenvalue weighted by Gasteiger charge is -2.13. The molecule has 0 saturated carbocycles. The van der Waals surface area contributed by atoms with Gasteiger partial charge in [0.2, 0.25) is 5.88 Å². The highest BCUT2D eigenvalue weighted by Gasteiger charge is 2.28. The fraction of sp³-hybridized carbons (Fsp3) is 0.421. The van der Waals surface area contributed by atoms with Gasteiger partial charge in [-0.25, -0.2) is 4.98 Å². The fourth-order valence-electron chi connectivity index (χ4n) is 3.01. The molecule has 0 unspecified atom stereocenters. The van der Waals surface area contributed by atoms with Crippen molar-refractivity contribution in [2.75, 3.05) is 0 Å². The number of Topliss-reactive ketones (excluding diaryl/α,β-unsaturated/α-hetero) is 1. The summed E-state index contributed by atoms with van der Waals surface area (Å²) in [7, 11) is 0. The zero-order chi connectivity index (χ0) is 18.0. The van der Waals surface area contributed by atoms with Gasteiger partial charge in [0.15, 0.2) is 11.5 Å². The number of hydrogen-bond acceptors (Lipinski definition) is 5. The van der Waals surface area contributed by atoms with Crippen molar-refractivity contribution >= 4 is 11.7 Å². The lowest BCUT2D eigenvalue weighted by molar-refractivity contribution is 0.0916. The Morgan fingerprint density at radius 1 is 1.40 bits per heavy atom. The molecule has 6 heteroatoms. The van der Waals surface area contributed by atoms with Gasteiger partial charge in [-0.1, -0.05) is 6.07 Å². The van der Waals surface area contributed by atoms with Crippen molar-refractivity contribution in [3.05, 3.63) is 46.5 Å². The molecule has 3 rings (SSSR count). The van der Waals surface area contributed by atoms with Crippen molar-refractivity contribution in [2.24, 2.45) is 0 Å². The highest BCUT2D eigenvalue weighted by molar-refractivity contribution is 6.03. The molecule has 1 amide bonds. The Kier molecular flexibility index (Phi) is 4.88. The van der Waals surface area contributed by atoms with Crippen molar-refractivity contribution in [1.29, 1.82) is 0 Å². The van der Waals surface area contributed by atoms with Crippen LogP contribution < -0.4 is 10.1 Å². The molecule has 0 spiro atoms. The largest absolute Gasteiger partial charge is 0.475 e. The number of ketones is 1. The summed E-state index contributed by atoms with van der Waals surface area (Å²) in [6, 6.07) is 3.65. The third-order valence-electron chi connectivity index (χ3n) is 4.15. The number of aromatic nitrogens is 1. The second kappa shape index (κ2) is 7.09. The molecule has 2 aromatic heterocycles. The zero-order valence-corrected chi connectivity index (χ0v) is 14.7. The van der Waals surface area contributed by atoms with E-state index in [4.69, 9.17) is 9.15 Å². The van der Waals surface area contributed by atoms with Crippen LogP contribution in [-0.4, -0.2) is 22.8 Å². The molecule has 1 aliphatic rings. The molecule has 0 aromatic carbocycles. The van der Waals surface area contributed by atoms with Gasteiger partial charge in [0.05, 0.1) is 11.7 Å². The topological polar surface area (TPSA) is 81.4 Å². The molecule has 6 nitrogen and oxygen atoms in total. The van der Waals surface area contributed by atoms with Crippen LogP contribution in [0.1, 0.15) is 64.5 Å². The first-order valence-corrected chi connectivity index (χ1v) is 8.51. The first kappa shape index (κ1) is 17.2. The van der Waals surface area contributed by atoms with E-state index < -0.39 is 0 Å². The van der Waals surface area contributed by atoms with E-state index in [0.29, 0.717) is 35.6 Å². The van der Waals surface area contributed by atoms with Crippen LogP contribution in [0.15, 0.2) is 22.7 Å². The highest BCUT2D eigenvalue weighted by Crippen LogP contribution is 2.29. The number of ether oxygens (including phenoxy) is 1. The van der Waals surface area contributed by atoms with Crippen LogP contribution >= 0.6 is 0 Å². The van der Waals surface area contributed by atoms with E-state index in [2.05, 4.69) is 10.3 Å². The summed E-state index contributed by atoms with van der Waals surface area (Å²) in [4.78, 5) is 28.8. The summed E-state index contributed by atoms with van der Waals surface area (Å²) in [6.45, 7) is 5.88. The highest BCUT2D eigenvalue weighted by atomic mass is 16.5. The first-order chi connectivity index (χ1) is 12.0. The maximum Gasteiger partial charge on any atom is 0.287 e. The summed E-state index contributed by atoms with van der Waals surface area (Å²) in [6.07, 6.45) is 3.63. The van der Waals surface area contributed by atoms with Gasteiger partial charge < -0.3 is 14.5 Å². The smallest absolute Gasteiger partial charge is 0.287 e. The van der Waals surface area contributed by atoms with Crippen LogP contribution in [0.5, 0.6) is 5.88 Å². The van der Waals surface area contributed by atoms with Gasteiger partial charge in [-0.15, -0.1) is 0 Å². The molecule has 0 saturated heterocycles. The van der Waals surface area contributed by atoms with E-state index in [-0.39, 0.29) is 30.1 Å². The number of pyridine rings is 1. The number of furan rings is 1. The summed E-state index contributed by atoms with van der Waals surface area (Å²) < 4.78 is 11.3. The SMILES string of the molecule is Cc1c(C(=O)NCc2cccnc2OC(C)C)oc2c1C(=O)CCC2. The molecule has 0 aliphatic heterocycles. The Morgan fingerprint density at radius 2 is 2.20 bits per heavy atom. The van der Waals surface area contributed by atoms with Crippen LogP contribution in [0.2, 0.25) is 0 Å². The summed E-state index contributed by atoms with van der Waals surface area (Å²) in [5, 5.41) is 2.83. The van der Waals surface area contributed by atoms with E-state index in [1.54, 1.807) is 19.2 Å². The molecule has 1 N–H and O–H groups in total. The van der Waals surface area contributed by atoms with Crippen LogP contribution in [0.4, 0.5) is 0 Å². The summed E-state index contributed by atoms with van der Waals surface area (Å²) in [5.74, 6) is 1.07. The van der Waals surface area contributed by atoms with Crippen LogP contribution in [0.3, 0.4) is 0 Å². The van der Waals surface area contributed by atoms with E-state index >= 15 is 0 Å². The number of fused-ring (bicyclic) bond motifs is 1. The van der Waals surface area contributed by atoms with Crippen LogP contribution in [0.25, 0.3) is 0 Å². The quantitative estimate of drug-likeness (QED) is 0.902. The minimum atomic E-state index is -0.334. The number of aryl methyl sites for hydroxylation is 1. The molecule has 2 heterocycles. The molecule has 132 valence electrons. The van der Waals surface area contributed by atoms with Crippen molar-refractivity contribution in [2.45, 2.75) is 52.7 Å². The number of amides is 1. The Labute approximate surface area is 146 Å². The summed E-state index contributed by atoms with van der Waals surface area (Å²) in [5.41, 5.74) is 2.00. The number of nitrogens with one attached hydrogen (secondary N) is 1. The number of hydrogen-bond donors (Lipinski definition) is 1. The average molecular weight is 342 g/mol. The number of carbonyl (C=O) groups is 2. The zero-order valence-electron chi connectivity index (χ0n) is 14.7. The Hall–Kier alpha value is -2.63. The Morgan fingerprint density at radius 3 is 2.92 bits per heavy atom. The number of carbonyl (C=O) groups excluding carboxylic acids is 2. The lowest BCUT2D eigenvalue weighted by atomic mass is 9.94. The van der Waals surface area contributed by atoms with E-state index in [9.17, 15) is 9.59 Å². The lowest BCUT2D eigenvalue weighted by Crippen LogP contribution is -2.24. The Bertz CT molecular complexity index is 808. The maximum atomic E-state index is 12.5. The molecular weight excluding hydrogens is 320 g/mol. The molecule has 0 fully saturated rings. The second-order valence-corrected chi connectivity index (χ2v) is 6.45. The molecule has 0 radical (unpaired) electrons. The molecule has 2 aromatic rings. The minimum absolute atomic E-state index is 0.00518. The van der Waals surface area contributed by atoms with Crippen LogP contribution in [0, 0.1) is 6.92 Å². The van der Waals surface area contributed by atoms with E-state index in [0.717, 1.165) is 12.0 Å². The third-order valence-corrected chi connectivity index (χ3v) is 4.15. The average Bonchev–Trinajstić information content (AvgIpc) is 2.91. The van der Waals surface area contributed by atoms with Crippen molar-refractivity contribution in [3.8, 4) is 5.88 Å². The Balaban J connectivity index is 1.75. The van der Waals surface area contributed by atoms with Crippen molar-refractivity contribution in [3.63, 3.8) is 0 Å². The number of nitrogens with zero attached hydrogens (tertiary/aromatic N) is 1. The van der Waals surface area contributed by atoms with E-state index in [1.165, 1.54) is 0 Å². The van der Waals surface area contributed by atoms with Gasteiger partial charge >= 0.3 is 0 Å². The van der Waals surface area contributed by atoms with Crippen molar-refractivity contribution < 1.29 is 18.7 Å². The normalized spacial score (nSPS) is 13.7. The molecule has 25 heavy (non-hydrogen) atoms. The predicted octanol–water partition coefficient (Wildman–Crippen LogP) is 3.22. The fourth-order valence-corrected chi connectivity index (χ4v) is 3.01. The van der Waals surface area contributed by atoms with Gasteiger partial charge in [0.1, 0.15) is 5.76 Å². The standard InChI is InChI=1S/C19H22N2O4/c1-11(2)24-19-13(6-5-9-20-19)10-21-18(23)17-12(3)16-14(22)7-4-8-15(16)25-17/h5-6,9,11H,4,7-8,10H2,1-3H3,(H,21,23). The predicted molar refractivity (Wildman–Crippen MR) is 91.9 cm³/mol. The molecular formula is C19H22N2O4. The molecule has 0 bridgehead atoms. The van der Waals surface area contributed by atoms with Gasteiger partial charge in [-0.05, 0) is 33.3 Å². The maximum absolute atomic E-state index is 12.5. The molecule has 0 atom stereocenters. The molecule has 1 aliphatic carbocycles. The van der Waals surface area contributed by atoms with Gasteiger partial charge in [-0.3, -0.25) is 9.59 Å². The third kappa shape index (κ3) is 3.57. The first-order valence-electron chi connectivity index (χ1n) is 8.51.